The van der Waals surface area contributed by atoms with Gasteiger partial charge in [-0.25, -0.2) is 0 Å². The van der Waals surface area contributed by atoms with E-state index in [1.807, 2.05) is 0 Å². The second-order valence-corrected chi connectivity index (χ2v) is 7.44. The van der Waals surface area contributed by atoms with Crippen LogP contribution in [0, 0.1) is 0 Å². The van der Waals surface area contributed by atoms with E-state index in [4.69, 9.17) is 23.2 Å². The quantitative estimate of drug-likeness (QED) is 0.457. The van der Waals surface area contributed by atoms with Crippen molar-refractivity contribution < 1.29 is 19.8 Å². The van der Waals surface area contributed by atoms with Gasteiger partial charge in [0.2, 0.25) is 11.8 Å². The van der Waals surface area contributed by atoms with Gasteiger partial charge < -0.3 is 20.8 Å². The maximum absolute atomic E-state index is 12.1. The molecule has 2 rings (SSSR count). The van der Waals surface area contributed by atoms with Crippen molar-refractivity contribution in [3.05, 3.63) is 69.7 Å². The molecule has 156 valence electrons. The van der Waals surface area contributed by atoms with Crippen molar-refractivity contribution in [3.63, 3.8) is 0 Å². The number of carbonyl (C=O) groups excluding carboxylic acids is 2. The molecule has 0 heterocycles. The summed E-state index contributed by atoms with van der Waals surface area (Å²) >= 11 is 11.9. The monoisotopic (exact) mass is 438 g/mol. The van der Waals surface area contributed by atoms with Crippen LogP contribution in [0.15, 0.2) is 48.5 Å². The van der Waals surface area contributed by atoms with Crippen LogP contribution in [0.1, 0.15) is 42.5 Å². The SMILES string of the molecule is O=C(CCCC(=O)NC(CO)c1cccc(Cl)c1)NC(CO)c1cccc(Cl)c1. The molecule has 0 saturated heterocycles. The smallest absolute Gasteiger partial charge is 0.220 e. The molecule has 29 heavy (non-hydrogen) atoms. The summed E-state index contributed by atoms with van der Waals surface area (Å²) in [6, 6.07) is 12.7. The molecule has 0 fully saturated rings. The summed E-state index contributed by atoms with van der Waals surface area (Å²) in [5.41, 5.74) is 1.41. The first-order valence-corrected chi connectivity index (χ1v) is 10.00. The molecule has 2 amide bonds. The van der Waals surface area contributed by atoms with E-state index in [0.29, 0.717) is 27.6 Å². The van der Waals surface area contributed by atoms with Gasteiger partial charge in [0.15, 0.2) is 0 Å². The molecule has 0 aromatic heterocycles. The lowest BCUT2D eigenvalue weighted by Crippen LogP contribution is -2.32. The summed E-state index contributed by atoms with van der Waals surface area (Å²) < 4.78 is 0. The van der Waals surface area contributed by atoms with E-state index in [1.54, 1.807) is 48.5 Å². The van der Waals surface area contributed by atoms with Crippen molar-refractivity contribution in [1.82, 2.24) is 10.6 Å². The molecule has 0 bridgehead atoms. The van der Waals surface area contributed by atoms with E-state index in [1.165, 1.54) is 0 Å². The molecule has 8 heteroatoms. The van der Waals surface area contributed by atoms with Crippen LogP contribution in [0.2, 0.25) is 10.0 Å². The maximum Gasteiger partial charge on any atom is 0.220 e. The number of hydrogen-bond acceptors (Lipinski definition) is 4. The minimum absolute atomic E-state index is 0.130. The normalized spacial score (nSPS) is 12.8. The van der Waals surface area contributed by atoms with E-state index in [-0.39, 0.29) is 37.9 Å². The molecule has 0 aliphatic rings. The van der Waals surface area contributed by atoms with Gasteiger partial charge >= 0.3 is 0 Å². The summed E-state index contributed by atoms with van der Waals surface area (Å²) in [7, 11) is 0. The number of nitrogens with one attached hydrogen (secondary N) is 2. The van der Waals surface area contributed by atoms with Crippen LogP contribution in [0.25, 0.3) is 0 Å². The fraction of sp³-hybridized carbons (Fsp3) is 0.333. The molecule has 2 unspecified atom stereocenters. The van der Waals surface area contributed by atoms with E-state index in [9.17, 15) is 19.8 Å². The number of benzene rings is 2. The standard InChI is InChI=1S/C21H24Cl2N2O4/c22-16-6-1-4-14(10-16)18(12-26)24-20(28)8-3-9-21(29)25-19(13-27)15-5-2-7-17(23)11-15/h1-2,4-7,10-11,18-19,26-27H,3,8-9,12-13H2,(H,24,28)(H,25,29). The molecule has 0 radical (unpaired) electrons. The molecule has 2 atom stereocenters. The summed E-state index contributed by atoms with van der Waals surface area (Å²) in [5, 5.41) is 25.6. The van der Waals surface area contributed by atoms with Gasteiger partial charge in [0.05, 0.1) is 25.3 Å². The molecule has 2 aromatic carbocycles. The van der Waals surface area contributed by atoms with Crippen LogP contribution in [0.5, 0.6) is 0 Å². The molecule has 2 aromatic rings. The highest BCUT2D eigenvalue weighted by atomic mass is 35.5. The lowest BCUT2D eigenvalue weighted by molar-refractivity contribution is -0.123. The molecule has 0 aliphatic heterocycles. The second kappa shape index (κ2) is 11.8. The van der Waals surface area contributed by atoms with Gasteiger partial charge in [0, 0.05) is 22.9 Å². The van der Waals surface area contributed by atoms with E-state index in [2.05, 4.69) is 10.6 Å². The molecular weight excluding hydrogens is 415 g/mol. The van der Waals surface area contributed by atoms with Crippen LogP contribution in [-0.2, 0) is 9.59 Å². The Hall–Kier alpha value is -2.12. The van der Waals surface area contributed by atoms with Gasteiger partial charge in [0.25, 0.3) is 0 Å². The zero-order valence-corrected chi connectivity index (χ0v) is 17.3. The van der Waals surface area contributed by atoms with Gasteiger partial charge in [-0.3, -0.25) is 9.59 Å². The highest BCUT2D eigenvalue weighted by Crippen LogP contribution is 2.19. The first-order valence-electron chi connectivity index (χ1n) is 9.24. The zero-order chi connectivity index (χ0) is 21.2. The number of aliphatic hydroxyl groups excluding tert-OH is 2. The summed E-state index contributed by atoms with van der Waals surface area (Å²) in [5.74, 6) is -0.546. The Balaban J connectivity index is 1.79. The van der Waals surface area contributed by atoms with Gasteiger partial charge in [-0.05, 0) is 41.8 Å². The number of hydrogen-bond donors (Lipinski definition) is 4. The summed E-state index contributed by atoms with van der Waals surface area (Å²) in [4.78, 5) is 24.3. The van der Waals surface area contributed by atoms with Gasteiger partial charge in [0.1, 0.15) is 0 Å². The average Bonchev–Trinajstić information content (AvgIpc) is 2.70. The Bertz CT molecular complexity index is 764. The Morgan fingerprint density at radius 2 is 1.21 bits per heavy atom. The predicted molar refractivity (Wildman–Crippen MR) is 113 cm³/mol. The second-order valence-electron chi connectivity index (χ2n) is 6.57. The van der Waals surface area contributed by atoms with Gasteiger partial charge in [-0.15, -0.1) is 0 Å². The van der Waals surface area contributed by atoms with Crippen molar-refractivity contribution >= 4 is 35.0 Å². The van der Waals surface area contributed by atoms with Crippen LogP contribution < -0.4 is 10.6 Å². The van der Waals surface area contributed by atoms with Crippen molar-refractivity contribution in [2.24, 2.45) is 0 Å². The van der Waals surface area contributed by atoms with Crippen LogP contribution in [0.3, 0.4) is 0 Å². The van der Waals surface area contributed by atoms with Crippen molar-refractivity contribution in [2.75, 3.05) is 13.2 Å². The number of halogens is 2. The maximum atomic E-state index is 12.1. The van der Waals surface area contributed by atoms with Gasteiger partial charge in [-0.1, -0.05) is 47.5 Å². The van der Waals surface area contributed by atoms with Crippen LogP contribution >= 0.6 is 23.2 Å². The Morgan fingerprint density at radius 3 is 1.55 bits per heavy atom. The summed E-state index contributed by atoms with van der Waals surface area (Å²) in [6.07, 6.45) is 0.593. The minimum atomic E-state index is -0.559. The fourth-order valence-electron chi connectivity index (χ4n) is 2.86. The Kier molecular flexibility index (Phi) is 9.41. The summed E-state index contributed by atoms with van der Waals surface area (Å²) in [6.45, 7) is -0.519. The number of rotatable bonds is 10. The highest BCUT2D eigenvalue weighted by molar-refractivity contribution is 6.30. The minimum Gasteiger partial charge on any atom is -0.394 e. The zero-order valence-electron chi connectivity index (χ0n) is 15.8. The molecule has 0 aliphatic carbocycles. The van der Waals surface area contributed by atoms with Crippen molar-refractivity contribution in [2.45, 2.75) is 31.3 Å². The Labute approximate surface area is 179 Å². The van der Waals surface area contributed by atoms with Crippen LogP contribution in [-0.4, -0.2) is 35.2 Å². The Morgan fingerprint density at radius 1 is 0.793 bits per heavy atom. The molecule has 0 spiro atoms. The first-order chi connectivity index (χ1) is 13.9. The third kappa shape index (κ3) is 7.66. The van der Waals surface area contributed by atoms with Gasteiger partial charge in [-0.2, -0.15) is 0 Å². The topological polar surface area (TPSA) is 98.7 Å². The predicted octanol–water partition coefficient (Wildman–Crippen LogP) is 3.16. The number of carbonyl (C=O) groups is 2. The average molecular weight is 439 g/mol. The van der Waals surface area contributed by atoms with Crippen LogP contribution in [0.4, 0.5) is 0 Å². The number of aliphatic hydroxyl groups is 2. The molecule has 6 nitrogen and oxygen atoms in total. The highest BCUT2D eigenvalue weighted by Gasteiger charge is 2.16. The third-order valence-corrected chi connectivity index (χ3v) is 4.82. The first kappa shape index (κ1) is 23.2. The number of amides is 2. The van der Waals surface area contributed by atoms with E-state index >= 15 is 0 Å². The van der Waals surface area contributed by atoms with Crippen molar-refractivity contribution in [3.8, 4) is 0 Å². The lowest BCUT2D eigenvalue weighted by atomic mass is 10.1. The lowest BCUT2D eigenvalue weighted by Gasteiger charge is -2.18. The van der Waals surface area contributed by atoms with E-state index in [0.717, 1.165) is 0 Å². The molecule has 4 N–H and O–H groups in total. The van der Waals surface area contributed by atoms with Crippen molar-refractivity contribution in [1.29, 1.82) is 0 Å². The largest absolute Gasteiger partial charge is 0.394 e. The van der Waals surface area contributed by atoms with E-state index < -0.39 is 12.1 Å². The molecular formula is C21H24Cl2N2O4. The third-order valence-electron chi connectivity index (χ3n) is 4.35. The molecule has 0 saturated carbocycles. The fourth-order valence-corrected chi connectivity index (χ4v) is 3.26.